The highest BCUT2D eigenvalue weighted by Gasteiger charge is 2.27. The summed E-state index contributed by atoms with van der Waals surface area (Å²) >= 11 is 0. The predicted molar refractivity (Wildman–Crippen MR) is 136 cm³/mol. The molecule has 1 amide bonds. The molecule has 3 rings (SSSR count). The van der Waals surface area contributed by atoms with E-state index in [-0.39, 0.29) is 16.4 Å². The Bertz CT molecular complexity index is 1110. The van der Waals surface area contributed by atoms with Crippen LogP contribution in [0.2, 0.25) is 0 Å². The quantitative estimate of drug-likeness (QED) is 0.438. The van der Waals surface area contributed by atoms with Crippen molar-refractivity contribution in [1.29, 1.82) is 0 Å². The molecule has 1 aliphatic heterocycles. The van der Waals surface area contributed by atoms with Gasteiger partial charge in [-0.1, -0.05) is 44.2 Å². The average Bonchev–Trinajstić information content (AvgIpc) is 3.41. The first-order chi connectivity index (χ1) is 16.8. The van der Waals surface area contributed by atoms with Crippen molar-refractivity contribution in [2.24, 2.45) is 0 Å². The Hall–Kier alpha value is -2.91. The van der Waals surface area contributed by atoms with Gasteiger partial charge < -0.3 is 14.5 Å². The molecular weight excluding hydrogens is 466 g/mol. The molecule has 2 aromatic rings. The number of benzene rings is 2. The van der Waals surface area contributed by atoms with Gasteiger partial charge in [-0.25, -0.2) is 13.2 Å². The number of carbonyl (C=O) groups excluding carboxylic acids is 2. The lowest BCUT2D eigenvalue weighted by Gasteiger charge is -2.24. The van der Waals surface area contributed by atoms with Gasteiger partial charge >= 0.3 is 5.97 Å². The van der Waals surface area contributed by atoms with E-state index in [9.17, 15) is 18.0 Å². The van der Waals surface area contributed by atoms with Gasteiger partial charge in [-0.05, 0) is 43.5 Å². The highest BCUT2D eigenvalue weighted by molar-refractivity contribution is 7.89. The number of amides is 1. The number of carbonyl (C=O) groups is 2. The van der Waals surface area contributed by atoms with Gasteiger partial charge in [-0.2, -0.15) is 4.31 Å². The second-order valence-electron chi connectivity index (χ2n) is 8.43. The highest BCUT2D eigenvalue weighted by Crippen LogP contribution is 2.29. The molecule has 35 heavy (non-hydrogen) atoms. The van der Waals surface area contributed by atoms with Crippen LogP contribution < -0.4 is 4.90 Å². The van der Waals surface area contributed by atoms with E-state index in [4.69, 9.17) is 4.74 Å². The summed E-state index contributed by atoms with van der Waals surface area (Å²) in [5, 5.41) is 0. The molecule has 0 unspecified atom stereocenters. The molecule has 1 saturated heterocycles. The van der Waals surface area contributed by atoms with Crippen LogP contribution in [0.1, 0.15) is 49.5 Å². The Morgan fingerprint density at radius 2 is 1.60 bits per heavy atom. The van der Waals surface area contributed by atoms with Crippen molar-refractivity contribution in [3.63, 3.8) is 0 Å². The molecule has 0 radical (unpaired) electrons. The van der Waals surface area contributed by atoms with Gasteiger partial charge in [0.1, 0.15) is 0 Å². The molecule has 0 aliphatic carbocycles. The third kappa shape index (κ3) is 6.41. The van der Waals surface area contributed by atoms with E-state index in [1.54, 1.807) is 30.9 Å². The number of sulfonamides is 1. The van der Waals surface area contributed by atoms with E-state index in [2.05, 4.69) is 4.90 Å². The van der Waals surface area contributed by atoms with Crippen molar-refractivity contribution in [1.82, 2.24) is 9.21 Å². The minimum Gasteiger partial charge on any atom is -0.452 e. The van der Waals surface area contributed by atoms with Crippen LogP contribution in [0.15, 0.2) is 53.4 Å². The van der Waals surface area contributed by atoms with Crippen molar-refractivity contribution in [2.45, 2.75) is 45.1 Å². The monoisotopic (exact) mass is 501 g/mol. The van der Waals surface area contributed by atoms with Gasteiger partial charge in [0.25, 0.3) is 5.91 Å². The maximum Gasteiger partial charge on any atom is 0.340 e. The molecule has 1 fully saturated rings. The van der Waals surface area contributed by atoms with Crippen molar-refractivity contribution in [3.05, 3.63) is 59.7 Å². The lowest BCUT2D eigenvalue weighted by atomic mass is 10.1. The molecule has 9 heteroatoms. The summed E-state index contributed by atoms with van der Waals surface area (Å²) in [5.41, 5.74) is 1.79. The summed E-state index contributed by atoms with van der Waals surface area (Å²) < 4.78 is 32.9. The summed E-state index contributed by atoms with van der Waals surface area (Å²) in [5.74, 6) is -1.01. The minimum absolute atomic E-state index is 0.0432. The maximum absolute atomic E-state index is 13.2. The smallest absolute Gasteiger partial charge is 0.340 e. The molecule has 0 spiro atoms. The van der Waals surface area contributed by atoms with Crippen molar-refractivity contribution < 1.29 is 22.7 Å². The summed E-state index contributed by atoms with van der Waals surface area (Å²) in [7, 11) is -3.75. The number of ether oxygens (including phenoxy) is 1. The van der Waals surface area contributed by atoms with Crippen LogP contribution in [0, 0.1) is 0 Å². The number of rotatable bonds is 11. The number of anilines is 1. The summed E-state index contributed by atoms with van der Waals surface area (Å²) in [6.45, 7) is 8.12. The van der Waals surface area contributed by atoms with Gasteiger partial charge in [-0.3, -0.25) is 4.79 Å². The number of hydrogen-bond acceptors (Lipinski definition) is 6. The first kappa shape index (κ1) is 26.7. The van der Waals surface area contributed by atoms with Crippen LogP contribution in [-0.4, -0.2) is 68.8 Å². The second-order valence-corrected chi connectivity index (χ2v) is 10.4. The zero-order valence-corrected chi connectivity index (χ0v) is 21.6. The highest BCUT2D eigenvalue weighted by atomic mass is 32.2. The summed E-state index contributed by atoms with van der Waals surface area (Å²) in [6, 6.07) is 14.2. The largest absolute Gasteiger partial charge is 0.452 e. The molecule has 2 aromatic carbocycles. The van der Waals surface area contributed by atoms with Gasteiger partial charge in [0.05, 0.1) is 16.1 Å². The Kier molecular flexibility index (Phi) is 9.28. The Balaban J connectivity index is 1.81. The van der Waals surface area contributed by atoms with Crippen LogP contribution in [0.5, 0.6) is 0 Å². The molecule has 0 atom stereocenters. The van der Waals surface area contributed by atoms with Crippen molar-refractivity contribution in [2.75, 3.05) is 44.2 Å². The van der Waals surface area contributed by atoms with E-state index < -0.39 is 22.6 Å². The lowest BCUT2D eigenvalue weighted by Crippen LogP contribution is -2.34. The average molecular weight is 502 g/mol. The van der Waals surface area contributed by atoms with E-state index in [1.165, 1.54) is 10.4 Å². The lowest BCUT2D eigenvalue weighted by molar-refractivity contribution is -0.134. The molecule has 1 heterocycles. The van der Waals surface area contributed by atoms with Crippen molar-refractivity contribution in [3.8, 4) is 0 Å². The Morgan fingerprint density at radius 1 is 0.943 bits per heavy atom. The molecule has 190 valence electrons. The van der Waals surface area contributed by atoms with Crippen LogP contribution in [-0.2, 0) is 26.1 Å². The van der Waals surface area contributed by atoms with E-state index in [0.29, 0.717) is 31.9 Å². The number of esters is 1. The summed E-state index contributed by atoms with van der Waals surface area (Å²) in [6.07, 6.45) is 1.99. The second kappa shape index (κ2) is 12.2. The minimum atomic E-state index is -3.75. The van der Waals surface area contributed by atoms with Crippen LogP contribution in [0.25, 0.3) is 0 Å². The number of nitrogens with zero attached hydrogens (tertiary/aromatic N) is 3. The Labute approximate surface area is 208 Å². The van der Waals surface area contributed by atoms with E-state index >= 15 is 0 Å². The number of likely N-dealkylation sites (N-methyl/N-ethyl adjacent to an activating group) is 1. The first-order valence-corrected chi connectivity index (χ1v) is 13.6. The molecule has 1 aliphatic rings. The molecule has 0 saturated carbocycles. The predicted octanol–water partition coefficient (Wildman–Crippen LogP) is 3.52. The van der Waals surface area contributed by atoms with E-state index in [1.807, 2.05) is 37.3 Å². The number of hydrogen-bond donors (Lipinski definition) is 0. The van der Waals surface area contributed by atoms with Crippen LogP contribution in [0.4, 0.5) is 5.69 Å². The maximum atomic E-state index is 13.2. The van der Waals surface area contributed by atoms with Gasteiger partial charge in [0.2, 0.25) is 10.0 Å². The fourth-order valence-electron chi connectivity index (χ4n) is 4.26. The Morgan fingerprint density at radius 3 is 2.20 bits per heavy atom. The zero-order valence-electron chi connectivity index (χ0n) is 20.8. The van der Waals surface area contributed by atoms with Gasteiger partial charge in [-0.15, -0.1) is 0 Å². The SMILES string of the molecule is CCN(Cc1ccccc1)C(=O)COC(=O)c1cc(S(=O)(=O)N(CC)CC)ccc1N1CCCC1. The third-order valence-corrected chi connectivity index (χ3v) is 8.30. The standard InChI is InChI=1S/C26H35N3O5S/c1-4-27(19-21-12-8-7-9-13-21)25(30)20-34-26(31)23-18-22(35(32,33)29(5-2)6-3)14-15-24(23)28-16-10-11-17-28/h7-9,12-15,18H,4-6,10-11,16-17,19-20H2,1-3H3. The van der Waals surface area contributed by atoms with Crippen LogP contribution >= 0.6 is 0 Å². The normalized spacial score (nSPS) is 13.8. The van der Waals surface area contributed by atoms with Gasteiger partial charge in [0.15, 0.2) is 6.61 Å². The molecule has 0 N–H and O–H groups in total. The molecule has 8 nitrogen and oxygen atoms in total. The first-order valence-electron chi connectivity index (χ1n) is 12.2. The van der Waals surface area contributed by atoms with Crippen LogP contribution in [0.3, 0.4) is 0 Å². The molecular formula is C26H35N3O5S. The zero-order chi connectivity index (χ0) is 25.4. The third-order valence-electron chi connectivity index (χ3n) is 6.26. The fraction of sp³-hybridized carbons (Fsp3) is 0.462. The van der Waals surface area contributed by atoms with Gasteiger partial charge in [0, 0.05) is 39.3 Å². The fourth-order valence-corrected chi connectivity index (χ4v) is 5.75. The summed E-state index contributed by atoms with van der Waals surface area (Å²) in [4.78, 5) is 29.7. The molecule has 0 aromatic heterocycles. The molecule has 0 bridgehead atoms. The van der Waals surface area contributed by atoms with Crippen molar-refractivity contribution >= 4 is 27.6 Å². The van der Waals surface area contributed by atoms with E-state index in [0.717, 1.165) is 31.5 Å². The topological polar surface area (TPSA) is 87.2 Å².